The molecule has 0 atom stereocenters. The number of aromatic amines is 1. The van der Waals surface area contributed by atoms with Crippen LogP contribution in [0.2, 0.25) is 0 Å². The fraction of sp³-hybridized carbons (Fsp3) is 0.222. The van der Waals surface area contributed by atoms with E-state index in [4.69, 9.17) is 0 Å². The molecule has 3 aromatic rings. The van der Waals surface area contributed by atoms with Crippen molar-refractivity contribution in [1.82, 2.24) is 9.97 Å². The average Bonchev–Trinajstić information content (AvgIpc) is 3.09. The van der Waals surface area contributed by atoms with Gasteiger partial charge in [-0.1, -0.05) is 12.1 Å². The van der Waals surface area contributed by atoms with Crippen molar-refractivity contribution < 1.29 is 14.3 Å². The Bertz CT molecular complexity index is 1010. The number of aryl methyl sites for hydroxylation is 1. The summed E-state index contributed by atoms with van der Waals surface area (Å²) in [4.78, 5) is 42.9. The molecule has 134 valence electrons. The van der Waals surface area contributed by atoms with E-state index in [1.807, 2.05) is 6.07 Å². The number of carbonyl (C=O) groups is 2. The highest BCUT2D eigenvalue weighted by Crippen LogP contribution is 2.24. The van der Waals surface area contributed by atoms with E-state index < -0.39 is 5.97 Å². The molecule has 2 heterocycles. The number of anilines is 1. The van der Waals surface area contributed by atoms with Crippen LogP contribution in [-0.2, 0) is 16.0 Å². The van der Waals surface area contributed by atoms with Gasteiger partial charge in [0.15, 0.2) is 0 Å². The number of aromatic nitrogens is 2. The van der Waals surface area contributed by atoms with E-state index in [0.29, 0.717) is 40.1 Å². The number of H-pyrrole nitrogens is 1. The van der Waals surface area contributed by atoms with Crippen LogP contribution in [0.15, 0.2) is 40.5 Å². The second kappa shape index (κ2) is 7.92. The van der Waals surface area contributed by atoms with Crippen LogP contribution < -0.4 is 10.9 Å². The van der Waals surface area contributed by atoms with Gasteiger partial charge in [-0.15, -0.1) is 11.3 Å². The Hall–Kier alpha value is -3.00. The number of methoxy groups -OCH3 is 1. The number of rotatable bonds is 6. The molecule has 0 saturated heterocycles. The van der Waals surface area contributed by atoms with Gasteiger partial charge in [-0.3, -0.25) is 9.59 Å². The summed E-state index contributed by atoms with van der Waals surface area (Å²) in [7, 11) is 1.29. The summed E-state index contributed by atoms with van der Waals surface area (Å²) in [6.45, 7) is 0. The Morgan fingerprint density at radius 2 is 2.08 bits per heavy atom. The number of ether oxygens (including phenoxy) is 1. The minimum absolute atomic E-state index is 0.184. The van der Waals surface area contributed by atoms with Crippen LogP contribution in [0.5, 0.6) is 0 Å². The molecular formula is C18H17N3O4S. The molecule has 0 aliphatic rings. The van der Waals surface area contributed by atoms with E-state index in [-0.39, 0.29) is 17.9 Å². The molecule has 0 fully saturated rings. The maximum Gasteiger partial charge on any atom is 0.340 e. The number of esters is 1. The van der Waals surface area contributed by atoms with Gasteiger partial charge in [-0.05, 0) is 30.0 Å². The fourth-order valence-corrected chi connectivity index (χ4v) is 3.33. The van der Waals surface area contributed by atoms with E-state index in [1.165, 1.54) is 18.4 Å². The molecule has 7 nitrogen and oxygen atoms in total. The van der Waals surface area contributed by atoms with Crippen LogP contribution in [0.25, 0.3) is 10.9 Å². The van der Waals surface area contributed by atoms with Crippen molar-refractivity contribution in [1.29, 1.82) is 0 Å². The molecule has 0 bridgehead atoms. The predicted molar refractivity (Wildman–Crippen MR) is 99.6 cm³/mol. The standard InChI is InChI=1S/C18H17N3O4S/c1-25-18(24)12-9-10-26-17(12)21-15(22)8-4-7-14-19-13-6-3-2-5-11(13)16(23)20-14/h2-3,5-6,9-10H,4,7-8H2,1H3,(H,21,22)(H,19,20,23). The second-order valence-electron chi connectivity index (χ2n) is 5.59. The van der Waals surface area contributed by atoms with Crippen molar-refractivity contribution in [2.45, 2.75) is 19.3 Å². The summed E-state index contributed by atoms with van der Waals surface area (Å²) >= 11 is 1.26. The third kappa shape index (κ3) is 3.97. The first kappa shape index (κ1) is 17.8. The molecule has 1 amide bonds. The lowest BCUT2D eigenvalue weighted by Gasteiger charge is -2.06. The number of hydrogen-bond acceptors (Lipinski definition) is 6. The van der Waals surface area contributed by atoms with Gasteiger partial charge in [0.05, 0.1) is 23.6 Å². The number of benzene rings is 1. The first-order valence-electron chi connectivity index (χ1n) is 8.02. The summed E-state index contributed by atoms with van der Waals surface area (Å²) in [6, 6.07) is 8.72. The largest absolute Gasteiger partial charge is 0.465 e. The average molecular weight is 371 g/mol. The van der Waals surface area contributed by atoms with Gasteiger partial charge in [0, 0.05) is 12.8 Å². The highest BCUT2D eigenvalue weighted by Gasteiger charge is 2.15. The topological polar surface area (TPSA) is 101 Å². The van der Waals surface area contributed by atoms with Crippen molar-refractivity contribution in [3.63, 3.8) is 0 Å². The van der Waals surface area contributed by atoms with E-state index >= 15 is 0 Å². The Kier molecular flexibility index (Phi) is 5.43. The second-order valence-corrected chi connectivity index (χ2v) is 6.50. The normalized spacial score (nSPS) is 10.7. The van der Waals surface area contributed by atoms with Gasteiger partial charge in [0.1, 0.15) is 10.8 Å². The maximum atomic E-state index is 12.1. The summed E-state index contributed by atoms with van der Waals surface area (Å²) < 4.78 is 4.68. The molecule has 1 aromatic carbocycles. The van der Waals surface area contributed by atoms with Crippen LogP contribution in [0.1, 0.15) is 29.0 Å². The zero-order chi connectivity index (χ0) is 18.5. The lowest BCUT2D eigenvalue weighted by Crippen LogP contribution is -2.15. The Morgan fingerprint density at radius 1 is 1.27 bits per heavy atom. The fourth-order valence-electron chi connectivity index (χ4n) is 2.54. The van der Waals surface area contributed by atoms with Gasteiger partial charge in [0.25, 0.3) is 5.56 Å². The van der Waals surface area contributed by atoms with E-state index in [2.05, 4.69) is 20.0 Å². The SMILES string of the molecule is COC(=O)c1ccsc1NC(=O)CCCc1nc2ccccc2c(=O)[nH]1. The van der Waals surface area contributed by atoms with Crippen LogP contribution in [0.4, 0.5) is 5.00 Å². The molecule has 0 saturated carbocycles. The Balaban J connectivity index is 1.58. The third-order valence-corrected chi connectivity index (χ3v) is 4.63. The Labute approximate surface area is 153 Å². The lowest BCUT2D eigenvalue weighted by atomic mass is 10.2. The van der Waals surface area contributed by atoms with Gasteiger partial charge < -0.3 is 15.0 Å². The van der Waals surface area contributed by atoms with Crippen molar-refractivity contribution in [3.8, 4) is 0 Å². The highest BCUT2D eigenvalue weighted by atomic mass is 32.1. The first-order chi connectivity index (χ1) is 12.6. The van der Waals surface area contributed by atoms with Crippen molar-refractivity contribution >= 4 is 39.1 Å². The van der Waals surface area contributed by atoms with Gasteiger partial charge in [0.2, 0.25) is 5.91 Å². The predicted octanol–water partition coefficient (Wildman–Crippen LogP) is 2.73. The molecule has 2 aromatic heterocycles. The van der Waals surface area contributed by atoms with Crippen LogP contribution in [0, 0.1) is 0 Å². The van der Waals surface area contributed by atoms with Crippen molar-refractivity contribution in [2.24, 2.45) is 0 Å². The minimum atomic E-state index is -0.487. The molecule has 0 aliphatic carbocycles. The molecule has 0 spiro atoms. The first-order valence-corrected chi connectivity index (χ1v) is 8.90. The quantitative estimate of drug-likeness (QED) is 0.649. The molecule has 0 aliphatic heterocycles. The van der Waals surface area contributed by atoms with Crippen LogP contribution >= 0.6 is 11.3 Å². The van der Waals surface area contributed by atoms with Crippen molar-refractivity contribution in [3.05, 3.63) is 57.5 Å². The smallest absolute Gasteiger partial charge is 0.340 e. The van der Waals surface area contributed by atoms with Crippen molar-refractivity contribution in [2.75, 3.05) is 12.4 Å². The molecule has 26 heavy (non-hydrogen) atoms. The summed E-state index contributed by atoms with van der Waals surface area (Å²) in [5.74, 6) is -0.145. The van der Waals surface area contributed by atoms with E-state index in [1.54, 1.807) is 29.6 Å². The Morgan fingerprint density at radius 3 is 2.88 bits per heavy atom. The van der Waals surface area contributed by atoms with Gasteiger partial charge >= 0.3 is 5.97 Å². The molecule has 8 heteroatoms. The van der Waals surface area contributed by atoms with Gasteiger partial charge in [-0.2, -0.15) is 0 Å². The molecule has 0 unspecified atom stereocenters. The summed E-state index contributed by atoms with van der Waals surface area (Å²) in [5, 5.41) is 5.45. The number of para-hydroxylation sites is 1. The number of amides is 1. The van der Waals surface area contributed by atoms with Crippen LogP contribution in [0.3, 0.4) is 0 Å². The number of nitrogens with zero attached hydrogens (tertiary/aromatic N) is 1. The highest BCUT2D eigenvalue weighted by molar-refractivity contribution is 7.14. The lowest BCUT2D eigenvalue weighted by molar-refractivity contribution is -0.116. The third-order valence-electron chi connectivity index (χ3n) is 3.80. The summed E-state index contributed by atoms with van der Waals surface area (Å²) in [5.41, 5.74) is 0.791. The maximum absolute atomic E-state index is 12.1. The zero-order valence-electron chi connectivity index (χ0n) is 14.1. The number of thiophene rings is 1. The summed E-state index contributed by atoms with van der Waals surface area (Å²) in [6.07, 6.45) is 1.24. The molecule has 3 rings (SSSR count). The molecular weight excluding hydrogens is 354 g/mol. The van der Waals surface area contributed by atoms with E-state index in [9.17, 15) is 14.4 Å². The van der Waals surface area contributed by atoms with Crippen LogP contribution in [-0.4, -0.2) is 29.0 Å². The number of hydrogen-bond donors (Lipinski definition) is 2. The van der Waals surface area contributed by atoms with E-state index in [0.717, 1.165) is 0 Å². The zero-order valence-corrected chi connectivity index (χ0v) is 14.9. The monoisotopic (exact) mass is 371 g/mol. The minimum Gasteiger partial charge on any atom is -0.465 e. The number of carbonyl (C=O) groups excluding carboxylic acids is 2. The molecule has 0 radical (unpaired) electrons. The number of nitrogens with one attached hydrogen (secondary N) is 2. The number of fused-ring (bicyclic) bond motifs is 1. The molecule has 2 N–H and O–H groups in total. The van der Waals surface area contributed by atoms with Gasteiger partial charge in [-0.25, -0.2) is 9.78 Å².